The summed E-state index contributed by atoms with van der Waals surface area (Å²) in [4.78, 5) is 5.98. The lowest BCUT2D eigenvalue weighted by molar-refractivity contribution is -0.137. The van der Waals surface area contributed by atoms with Gasteiger partial charge < -0.3 is 14.4 Å². The largest absolute Gasteiger partial charge is 0.497 e. The normalized spacial score (nSPS) is 11.2. The van der Waals surface area contributed by atoms with Gasteiger partial charge in [-0.05, 0) is 47.5 Å². The van der Waals surface area contributed by atoms with Crippen LogP contribution >= 0.6 is 0 Å². The van der Waals surface area contributed by atoms with Gasteiger partial charge in [0, 0.05) is 19.3 Å². The molecular formula is C22H21F3N2O2. The molecule has 3 aromatic rings. The highest BCUT2D eigenvalue weighted by Gasteiger charge is 2.30. The number of ether oxygens (including phenoxy) is 2. The molecule has 0 saturated carbocycles. The summed E-state index contributed by atoms with van der Waals surface area (Å²) >= 11 is 0. The predicted molar refractivity (Wildman–Crippen MR) is 105 cm³/mol. The molecule has 0 aliphatic rings. The SMILES string of the molecule is COc1ccc(CN(Cc2ccc(OC)cc2)c2ccc(C(F)(F)F)cn2)cc1. The van der Waals surface area contributed by atoms with E-state index in [0.717, 1.165) is 34.9 Å². The number of aromatic nitrogens is 1. The molecule has 0 saturated heterocycles. The maximum Gasteiger partial charge on any atom is 0.417 e. The zero-order chi connectivity index (χ0) is 20.9. The highest BCUT2D eigenvalue weighted by molar-refractivity contribution is 5.43. The molecule has 4 nitrogen and oxygen atoms in total. The number of benzene rings is 2. The fourth-order valence-electron chi connectivity index (χ4n) is 2.86. The van der Waals surface area contributed by atoms with Crippen molar-refractivity contribution in [3.8, 4) is 11.5 Å². The minimum atomic E-state index is -4.41. The van der Waals surface area contributed by atoms with Gasteiger partial charge in [0.2, 0.25) is 0 Å². The number of anilines is 1. The highest BCUT2D eigenvalue weighted by atomic mass is 19.4. The Kier molecular flexibility index (Phi) is 6.26. The van der Waals surface area contributed by atoms with Gasteiger partial charge in [0.05, 0.1) is 19.8 Å². The molecule has 1 heterocycles. The van der Waals surface area contributed by atoms with E-state index in [2.05, 4.69) is 4.98 Å². The number of alkyl halides is 3. The molecule has 3 rings (SSSR count). The van der Waals surface area contributed by atoms with E-state index in [9.17, 15) is 13.2 Å². The van der Waals surface area contributed by atoms with E-state index in [1.807, 2.05) is 53.4 Å². The second-order valence-corrected chi connectivity index (χ2v) is 6.46. The van der Waals surface area contributed by atoms with Crippen molar-refractivity contribution in [3.05, 3.63) is 83.6 Å². The Morgan fingerprint density at radius 2 is 1.24 bits per heavy atom. The topological polar surface area (TPSA) is 34.6 Å². The first kappa shape index (κ1) is 20.5. The molecule has 0 N–H and O–H groups in total. The number of nitrogens with zero attached hydrogens (tertiary/aromatic N) is 2. The third kappa shape index (κ3) is 5.40. The maximum atomic E-state index is 12.9. The Morgan fingerprint density at radius 3 is 1.59 bits per heavy atom. The summed E-state index contributed by atoms with van der Waals surface area (Å²) < 4.78 is 49.0. The van der Waals surface area contributed by atoms with Crippen LogP contribution in [-0.2, 0) is 19.3 Å². The molecule has 0 atom stereocenters. The molecule has 0 radical (unpaired) electrons. The monoisotopic (exact) mass is 402 g/mol. The van der Waals surface area contributed by atoms with Gasteiger partial charge in [-0.15, -0.1) is 0 Å². The minimum absolute atomic E-state index is 0.463. The van der Waals surface area contributed by atoms with E-state index in [0.29, 0.717) is 18.9 Å². The van der Waals surface area contributed by atoms with Crippen LogP contribution in [0.5, 0.6) is 11.5 Å². The average molecular weight is 402 g/mol. The number of halogens is 3. The van der Waals surface area contributed by atoms with Gasteiger partial charge in [0.25, 0.3) is 0 Å². The standard InChI is InChI=1S/C22H21F3N2O2/c1-28-19-8-3-16(4-9-19)14-27(15-17-5-10-20(29-2)11-6-17)21-12-7-18(13-26-21)22(23,24)25/h3-13H,14-15H2,1-2H3. The van der Waals surface area contributed by atoms with Crippen molar-refractivity contribution in [2.24, 2.45) is 0 Å². The first-order valence-corrected chi connectivity index (χ1v) is 8.93. The summed E-state index contributed by atoms with van der Waals surface area (Å²) in [7, 11) is 3.19. The smallest absolute Gasteiger partial charge is 0.417 e. The minimum Gasteiger partial charge on any atom is -0.497 e. The van der Waals surface area contributed by atoms with Crippen LogP contribution < -0.4 is 14.4 Å². The second-order valence-electron chi connectivity index (χ2n) is 6.46. The Bertz CT molecular complexity index is 859. The molecule has 0 aliphatic carbocycles. The van der Waals surface area contributed by atoms with E-state index in [4.69, 9.17) is 9.47 Å². The molecule has 0 fully saturated rings. The predicted octanol–water partition coefficient (Wildman–Crippen LogP) is 5.32. The van der Waals surface area contributed by atoms with Crippen molar-refractivity contribution in [1.82, 2.24) is 4.98 Å². The van der Waals surface area contributed by atoms with Gasteiger partial charge >= 0.3 is 6.18 Å². The van der Waals surface area contributed by atoms with Crippen molar-refractivity contribution in [3.63, 3.8) is 0 Å². The van der Waals surface area contributed by atoms with E-state index in [1.165, 1.54) is 6.07 Å². The quantitative estimate of drug-likeness (QED) is 0.535. The summed E-state index contributed by atoms with van der Waals surface area (Å²) in [5.41, 5.74) is 1.21. The number of hydrogen-bond acceptors (Lipinski definition) is 4. The number of hydrogen-bond donors (Lipinski definition) is 0. The molecule has 152 valence electrons. The number of pyridine rings is 1. The van der Waals surface area contributed by atoms with Crippen molar-refractivity contribution >= 4 is 5.82 Å². The van der Waals surface area contributed by atoms with E-state index < -0.39 is 11.7 Å². The lowest BCUT2D eigenvalue weighted by Crippen LogP contribution is -2.23. The number of methoxy groups -OCH3 is 2. The molecule has 1 aromatic heterocycles. The van der Waals surface area contributed by atoms with Crippen LogP contribution in [0.2, 0.25) is 0 Å². The molecule has 2 aromatic carbocycles. The molecule has 0 amide bonds. The zero-order valence-corrected chi connectivity index (χ0v) is 16.1. The summed E-state index contributed by atoms with van der Waals surface area (Å²) in [5.74, 6) is 1.94. The van der Waals surface area contributed by atoms with E-state index >= 15 is 0 Å². The lowest BCUT2D eigenvalue weighted by atomic mass is 10.1. The summed E-state index contributed by atoms with van der Waals surface area (Å²) in [6.45, 7) is 0.961. The fourth-order valence-corrected chi connectivity index (χ4v) is 2.86. The summed E-state index contributed by atoms with van der Waals surface area (Å²) in [6.07, 6.45) is -3.55. The van der Waals surface area contributed by atoms with Gasteiger partial charge in [-0.2, -0.15) is 13.2 Å². The van der Waals surface area contributed by atoms with Crippen molar-refractivity contribution < 1.29 is 22.6 Å². The lowest BCUT2D eigenvalue weighted by Gasteiger charge is -2.24. The molecule has 0 spiro atoms. The summed E-state index contributed by atoms with van der Waals surface area (Å²) in [5, 5.41) is 0. The molecule has 0 aliphatic heterocycles. The molecular weight excluding hydrogens is 381 g/mol. The first-order chi connectivity index (χ1) is 13.9. The van der Waals surface area contributed by atoms with Crippen molar-refractivity contribution in [2.75, 3.05) is 19.1 Å². The van der Waals surface area contributed by atoms with Gasteiger partial charge in [-0.25, -0.2) is 4.98 Å². The maximum absolute atomic E-state index is 12.9. The average Bonchev–Trinajstić information content (AvgIpc) is 2.74. The van der Waals surface area contributed by atoms with Crippen LogP contribution in [0, 0.1) is 0 Å². The van der Waals surface area contributed by atoms with Crippen LogP contribution in [-0.4, -0.2) is 19.2 Å². The van der Waals surface area contributed by atoms with Gasteiger partial charge in [0.1, 0.15) is 17.3 Å². The molecule has 0 unspecified atom stereocenters. The van der Waals surface area contributed by atoms with Gasteiger partial charge in [-0.1, -0.05) is 24.3 Å². The Hall–Kier alpha value is -3.22. The Labute approximate surface area is 167 Å². The number of rotatable bonds is 7. The van der Waals surface area contributed by atoms with Crippen LogP contribution in [0.1, 0.15) is 16.7 Å². The van der Waals surface area contributed by atoms with Crippen LogP contribution in [0.3, 0.4) is 0 Å². The Balaban J connectivity index is 1.86. The first-order valence-electron chi connectivity index (χ1n) is 8.93. The van der Waals surface area contributed by atoms with Gasteiger partial charge in [-0.3, -0.25) is 0 Å². The highest BCUT2D eigenvalue weighted by Crippen LogP contribution is 2.30. The van der Waals surface area contributed by atoms with Crippen molar-refractivity contribution in [2.45, 2.75) is 19.3 Å². The third-order valence-electron chi connectivity index (χ3n) is 4.46. The van der Waals surface area contributed by atoms with E-state index in [-0.39, 0.29) is 0 Å². The zero-order valence-electron chi connectivity index (χ0n) is 16.1. The second kappa shape index (κ2) is 8.86. The van der Waals surface area contributed by atoms with Crippen LogP contribution in [0.4, 0.5) is 19.0 Å². The fraction of sp³-hybridized carbons (Fsp3) is 0.227. The molecule has 0 bridgehead atoms. The summed E-state index contributed by atoms with van der Waals surface area (Å²) in [6, 6.07) is 17.5. The Morgan fingerprint density at radius 1 is 0.759 bits per heavy atom. The van der Waals surface area contributed by atoms with Crippen LogP contribution in [0.25, 0.3) is 0 Å². The van der Waals surface area contributed by atoms with E-state index in [1.54, 1.807) is 14.2 Å². The van der Waals surface area contributed by atoms with Gasteiger partial charge in [0.15, 0.2) is 0 Å². The third-order valence-corrected chi connectivity index (χ3v) is 4.46. The molecule has 7 heteroatoms. The van der Waals surface area contributed by atoms with Crippen molar-refractivity contribution in [1.29, 1.82) is 0 Å². The molecule has 29 heavy (non-hydrogen) atoms. The van der Waals surface area contributed by atoms with Crippen LogP contribution in [0.15, 0.2) is 66.9 Å².